The molecule has 0 aliphatic carbocycles. The van der Waals surface area contributed by atoms with E-state index in [4.69, 9.17) is 5.73 Å². The maximum Gasteiger partial charge on any atom is 0.458 e. The SMILES string of the molecule is CCc1cc(CC)c(N)c(C(F)(F)C(F)(F)F)c1. The van der Waals surface area contributed by atoms with Crippen LogP contribution in [0, 0.1) is 0 Å². The summed E-state index contributed by atoms with van der Waals surface area (Å²) in [4.78, 5) is 0. The van der Waals surface area contributed by atoms with E-state index in [1.807, 2.05) is 0 Å². The van der Waals surface area contributed by atoms with Crippen LogP contribution in [0.5, 0.6) is 0 Å². The molecular formula is C12H14F5N. The molecule has 0 aliphatic heterocycles. The van der Waals surface area contributed by atoms with Crippen LogP contribution in [0.4, 0.5) is 27.6 Å². The van der Waals surface area contributed by atoms with Crippen molar-refractivity contribution in [2.45, 2.75) is 38.8 Å². The molecule has 0 fully saturated rings. The Bertz CT molecular complexity index is 437. The second-order valence-corrected chi connectivity index (χ2v) is 4.00. The molecule has 0 aliphatic rings. The molecule has 0 radical (unpaired) electrons. The van der Waals surface area contributed by atoms with E-state index in [1.165, 1.54) is 0 Å². The summed E-state index contributed by atoms with van der Waals surface area (Å²) in [5.41, 5.74) is 4.53. The number of aryl methyl sites for hydroxylation is 2. The fourth-order valence-electron chi connectivity index (χ4n) is 1.69. The van der Waals surface area contributed by atoms with Gasteiger partial charge in [-0.25, -0.2) is 0 Å². The van der Waals surface area contributed by atoms with Crippen LogP contribution in [-0.4, -0.2) is 6.18 Å². The lowest BCUT2D eigenvalue weighted by Crippen LogP contribution is -2.34. The van der Waals surface area contributed by atoms with E-state index >= 15 is 0 Å². The zero-order valence-electron chi connectivity index (χ0n) is 10.0. The van der Waals surface area contributed by atoms with Crippen molar-refractivity contribution in [2.24, 2.45) is 0 Å². The smallest absolute Gasteiger partial charge is 0.398 e. The molecule has 1 aromatic carbocycles. The summed E-state index contributed by atoms with van der Waals surface area (Å²) in [7, 11) is 0. The highest BCUT2D eigenvalue weighted by atomic mass is 19.4. The third-order valence-corrected chi connectivity index (χ3v) is 2.81. The molecule has 6 heteroatoms. The third kappa shape index (κ3) is 2.42. The number of benzene rings is 1. The van der Waals surface area contributed by atoms with Crippen molar-refractivity contribution in [1.82, 2.24) is 0 Å². The summed E-state index contributed by atoms with van der Waals surface area (Å²) in [5.74, 6) is -4.92. The molecule has 0 amide bonds. The van der Waals surface area contributed by atoms with Gasteiger partial charge >= 0.3 is 12.1 Å². The summed E-state index contributed by atoms with van der Waals surface area (Å²) in [6.07, 6.45) is -4.96. The van der Waals surface area contributed by atoms with Gasteiger partial charge in [0.1, 0.15) is 0 Å². The molecule has 0 heterocycles. The van der Waals surface area contributed by atoms with Gasteiger partial charge in [0.25, 0.3) is 0 Å². The Morgan fingerprint density at radius 1 is 1.00 bits per heavy atom. The van der Waals surface area contributed by atoms with E-state index in [9.17, 15) is 22.0 Å². The van der Waals surface area contributed by atoms with Crippen molar-refractivity contribution >= 4 is 5.69 Å². The van der Waals surface area contributed by atoms with Crippen molar-refractivity contribution in [2.75, 3.05) is 5.73 Å². The van der Waals surface area contributed by atoms with Crippen LogP contribution in [0.3, 0.4) is 0 Å². The molecule has 0 atom stereocenters. The molecule has 0 unspecified atom stereocenters. The Balaban J connectivity index is 3.49. The molecule has 0 spiro atoms. The van der Waals surface area contributed by atoms with Gasteiger partial charge in [0.05, 0.1) is 5.56 Å². The number of hydrogen-bond acceptors (Lipinski definition) is 1. The van der Waals surface area contributed by atoms with E-state index in [2.05, 4.69) is 0 Å². The lowest BCUT2D eigenvalue weighted by atomic mass is 9.96. The van der Waals surface area contributed by atoms with Crippen LogP contribution in [0.25, 0.3) is 0 Å². The number of rotatable bonds is 3. The van der Waals surface area contributed by atoms with Crippen molar-refractivity contribution in [1.29, 1.82) is 0 Å². The first-order valence-electron chi connectivity index (χ1n) is 5.51. The van der Waals surface area contributed by atoms with Gasteiger partial charge in [-0.05, 0) is 30.0 Å². The first kappa shape index (κ1) is 14.7. The number of nitrogen functional groups attached to an aromatic ring is 1. The summed E-state index contributed by atoms with van der Waals surface area (Å²) in [6.45, 7) is 3.33. The average molecular weight is 267 g/mol. The normalized spacial score (nSPS) is 12.8. The topological polar surface area (TPSA) is 26.0 Å². The minimum absolute atomic E-state index is 0.306. The molecule has 1 rings (SSSR count). The van der Waals surface area contributed by atoms with Crippen LogP contribution < -0.4 is 5.73 Å². The van der Waals surface area contributed by atoms with E-state index in [0.29, 0.717) is 24.0 Å². The van der Waals surface area contributed by atoms with E-state index in [-0.39, 0.29) is 0 Å². The van der Waals surface area contributed by atoms with Gasteiger partial charge in [-0.1, -0.05) is 19.9 Å². The van der Waals surface area contributed by atoms with E-state index in [1.54, 1.807) is 19.9 Å². The van der Waals surface area contributed by atoms with Crippen LogP contribution in [0.15, 0.2) is 12.1 Å². The number of alkyl halides is 5. The van der Waals surface area contributed by atoms with Crippen LogP contribution in [-0.2, 0) is 18.8 Å². The van der Waals surface area contributed by atoms with E-state index in [0.717, 1.165) is 6.07 Å². The first-order valence-corrected chi connectivity index (χ1v) is 5.51. The average Bonchev–Trinajstić information content (AvgIpc) is 2.27. The Hall–Kier alpha value is -1.33. The maximum absolute atomic E-state index is 13.4. The fourth-order valence-corrected chi connectivity index (χ4v) is 1.69. The molecule has 1 aromatic rings. The van der Waals surface area contributed by atoms with Gasteiger partial charge in [0.2, 0.25) is 0 Å². The lowest BCUT2D eigenvalue weighted by molar-refractivity contribution is -0.289. The molecule has 2 N–H and O–H groups in total. The number of hydrogen-bond donors (Lipinski definition) is 1. The van der Waals surface area contributed by atoms with E-state index < -0.39 is 23.3 Å². The molecule has 1 nitrogen and oxygen atoms in total. The van der Waals surface area contributed by atoms with Crippen molar-refractivity contribution in [3.8, 4) is 0 Å². The second kappa shape index (κ2) is 4.74. The Morgan fingerprint density at radius 2 is 1.56 bits per heavy atom. The summed E-state index contributed by atoms with van der Waals surface area (Å²) in [5, 5.41) is 0. The highest BCUT2D eigenvalue weighted by Gasteiger charge is 2.59. The largest absolute Gasteiger partial charge is 0.458 e. The van der Waals surface area contributed by atoms with Gasteiger partial charge in [-0.2, -0.15) is 22.0 Å². The zero-order chi connectivity index (χ0) is 14.1. The highest BCUT2D eigenvalue weighted by Crippen LogP contribution is 2.46. The molecular weight excluding hydrogens is 253 g/mol. The predicted octanol–water partition coefficient (Wildman–Crippen LogP) is 4.05. The van der Waals surface area contributed by atoms with Gasteiger partial charge < -0.3 is 5.73 Å². The third-order valence-electron chi connectivity index (χ3n) is 2.81. The molecule has 102 valence electrons. The van der Waals surface area contributed by atoms with Gasteiger partial charge in [0, 0.05) is 5.69 Å². The second-order valence-electron chi connectivity index (χ2n) is 4.00. The van der Waals surface area contributed by atoms with Gasteiger partial charge in [-0.15, -0.1) is 0 Å². The molecule has 0 bridgehead atoms. The number of nitrogens with two attached hydrogens (primary N) is 1. The van der Waals surface area contributed by atoms with Crippen molar-refractivity contribution in [3.63, 3.8) is 0 Å². The standard InChI is InChI=1S/C12H14F5N/c1-3-7-5-8(4-2)10(18)9(6-7)11(13,14)12(15,16)17/h5-6H,3-4,18H2,1-2H3. The Kier molecular flexibility index (Phi) is 3.88. The fraction of sp³-hybridized carbons (Fsp3) is 0.500. The monoisotopic (exact) mass is 267 g/mol. The molecule has 0 aromatic heterocycles. The van der Waals surface area contributed by atoms with Crippen molar-refractivity contribution < 1.29 is 22.0 Å². The van der Waals surface area contributed by atoms with Gasteiger partial charge in [0.15, 0.2) is 0 Å². The Morgan fingerprint density at radius 3 is 1.94 bits per heavy atom. The van der Waals surface area contributed by atoms with Crippen molar-refractivity contribution in [3.05, 3.63) is 28.8 Å². The minimum atomic E-state index is -5.64. The molecule has 18 heavy (non-hydrogen) atoms. The molecule has 0 saturated heterocycles. The van der Waals surface area contributed by atoms with Crippen LogP contribution in [0.2, 0.25) is 0 Å². The number of halogens is 5. The predicted molar refractivity (Wildman–Crippen MR) is 59.6 cm³/mol. The molecule has 0 saturated carbocycles. The first-order chi connectivity index (χ1) is 8.15. The summed E-state index contributed by atoms with van der Waals surface area (Å²) in [6, 6.07) is 2.40. The highest BCUT2D eigenvalue weighted by molar-refractivity contribution is 5.58. The summed E-state index contributed by atoms with van der Waals surface area (Å²) >= 11 is 0. The minimum Gasteiger partial charge on any atom is -0.398 e. The zero-order valence-corrected chi connectivity index (χ0v) is 10.0. The number of anilines is 1. The van der Waals surface area contributed by atoms with Crippen LogP contribution >= 0.6 is 0 Å². The Labute approximate surface area is 102 Å². The van der Waals surface area contributed by atoms with Gasteiger partial charge in [-0.3, -0.25) is 0 Å². The quantitative estimate of drug-likeness (QED) is 0.649. The maximum atomic E-state index is 13.4. The lowest BCUT2D eigenvalue weighted by Gasteiger charge is -2.23. The van der Waals surface area contributed by atoms with Crippen LogP contribution in [0.1, 0.15) is 30.5 Å². The summed E-state index contributed by atoms with van der Waals surface area (Å²) < 4.78 is 63.8.